The van der Waals surface area contributed by atoms with E-state index in [2.05, 4.69) is 154 Å². The van der Waals surface area contributed by atoms with Crippen LogP contribution >= 0.6 is 90.4 Å². The van der Waals surface area contributed by atoms with E-state index >= 15 is 0 Å². The van der Waals surface area contributed by atoms with E-state index in [0.29, 0.717) is 5.92 Å². The Morgan fingerprint density at radius 1 is 0.912 bits per heavy atom. The van der Waals surface area contributed by atoms with Gasteiger partial charge >= 0.3 is 0 Å². The van der Waals surface area contributed by atoms with Crippen molar-refractivity contribution in [1.29, 1.82) is 0 Å². The molecule has 0 nitrogen and oxygen atoms in total. The average Bonchev–Trinajstić information content (AvgIpc) is 2.78. The summed E-state index contributed by atoms with van der Waals surface area (Å²) in [6.45, 7) is 9.21. The largest absolute Gasteiger partial charge is 0.0654 e. The number of hydrogen-bond donors (Lipinski definition) is 0. The molecule has 0 N–H and O–H groups in total. The molecule has 0 saturated carbocycles. The summed E-state index contributed by atoms with van der Waals surface area (Å²) in [5.74, 6) is 1.47. The predicted molar refractivity (Wildman–Crippen MR) is 182 cm³/mol. The van der Waals surface area contributed by atoms with Gasteiger partial charge in [0, 0.05) is 19.8 Å². The first kappa shape index (κ1) is 27.6. The molecule has 2 atom stereocenters. The number of halogens is 4. The minimum Gasteiger partial charge on any atom is -0.0654 e. The molecule has 0 fully saturated rings. The zero-order chi connectivity index (χ0) is 24.6. The minimum atomic E-state index is 0.599. The molecule has 1 aliphatic rings. The van der Waals surface area contributed by atoms with Gasteiger partial charge in [-0.2, -0.15) is 0 Å². The van der Waals surface area contributed by atoms with E-state index in [4.69, 9.17) is 0 Å². The normalized spacial score (nSPS) is 16.4. The van der Waals surface area contributed by atoms with Crippen LogP contribution in [0.3, 0.4) is 0 Å². The third kappa shape index (κ3) is 5.69. The van der Waals surface area contributed by atoms with Crippen molar-refractivity contribution in [2.75, 3.05) is 0 Å². The third-order valence-electron chi connectivity index (χ3n) is 7.43. The van der Waals surface area contributed by atoms with Crippen molar-refractivity contribution in [1.82, 2.24) is 0 Å². The molecule has 3 aromatic carbocycles. The highest BCUT2D eigenvalue weighted by Crippen LogP contribution is 2.41. The first-order chi connectivity index (χ1) is 16.2. The van der Waals surface area contributed by atoms with Crippen LogP contribution in [-0.2, 0) is 12.8 Å². The number of rotatable bonds is 6. The van der Waals surface area contributed by atoms with Gasteiger partial charge in [-0.15, -0.1) is 0 Å². The summed E-state index contributed by atoms with van der Waals surface area (Å²) < 4.78 is 5.64. The van der Waals surface area contributed by atoms with Gasteiger partial charge in [-0.05, 0) is 192 Å². The summed E-state index contributed by atoms with van der Waals surface area (Å²) in [5, 5.41) is 0. The Morgan fingerprint density at radius 2 is 1.62 bits per heavy atom. The Kier molecular flexibility index (Phi) is 9.72. The van der Waals surface area contributed by atoms with Crippen molar-refractivity contribution < 1.29 is 0 Å². The van der Waals surface area contributed by atoms with E-state index in [1.54, 1.807) is 11.1 Å². The molecule has 180 valence electrons. The molecular formula is C30H32I4. The second-order valence-corrected chi connectivity index (χ2v) is 14.3. The predicted octanol–water partition coefficient (Wildman–Crippen LogP) is 11.2. The molecule has 0 spiro atoms. The second-order valence-electron chi connectivity index (χ2n) is 9.78. The van der Waals surface area contributed by atoms with E-state index in [9.17, 15) is 0 Å². The average molecular weight is 900 g/mol. The van der Waals surface area contributed by atoms with Crippen molar-refractivity contribution in [2.45, 2.75) is 72.1 Å². The lowest BCUT2D eigenvalue weighted by Crippen LogP contribution is -2.16. The van der Waals surface area contributed by atoms with Gasteiger partial charge in [0.05, 0.1) is 0 Å². The quantitative estimate of drug-likeness (QED) is 0.216. The summed E-state index contributed by atoms with van der Waals surface area (Å²) in [7, 11) is 0. The van der Waals surface area contributed by atoms with Crippen molar-refractivity contribution in [3.8, 4) is 22.3 Å². The van der Waals surface area contributed by atoms with Crippen molar-refractivity contribution in [3.05, 3.63) is 72.9 Å². The van der Waals surface area contributed by atoms with Crippen molar-refractivity contribution >= 4 is 90.4 Å². The number of aryl methyl sites for hydroxylation is 1. The Balaban J connectivity index is 1.71. The maximum absolute atomic E-state index is 2.63. The highest BCUT2D eigenvalue weighted by Gasteiger charge is 2.24. The molecule has 0 amide bonds. The summed E-state index contributed by atoms with van der Waals surface area (Å²) in [6, 6.07) is 14.3. The summed E-state index contributed by atoms with van der Waals surface area (Å²) in [6.07, 6.45) is 7.69. The standard InChI is InChI=1S/C30H32I4/c1-5-7-19-8-10-24-21(13-19)14-27(33)29(30(24)34)20-9-11-23(18(4)12-20)22-15-25(31)28(17(3)6-2)26(32)16-22/h9,11-12,14-17,19H,5-8,10,13H2,1-4H3. The molecule has 2 unspecified atom stereocenters. The van der Waals surface area contributed by atoms with Crippen LogP contribution in [0.5, 0.6) is 0 Å². The lowest BCUT2D eigenvalue weighted by Gasteiger charge is -2.27. The van der Waals surface area contributed by atoms with E-state index < -0.39 is 0 Å². The van der Waals surface area contributed by atoms with Crippen LogP contribution in [-0.4, -0.2) is 0 Å². The molecule has 0 aliphatic heterocycles. The van der Waals surface area contributed by atoms with E-state index in [1.807, 2.05) is 0 Å². The third-order valence-corrected chi connectivity index (χ3v) is 11.3. The molecule has 4 heteroatoms. The van der Waals surface area contributed by atoms with Crippen LogP contribution in [0.1, 0.15) is 74.6 Å². The van der Waals surface area contributed by atoms with Gasteiger partial charge in [0.25, 0.3) is 0 Å². The van der Waals surface area contributed by atoms with Crippen LogP contribution in [0.2, 0.25) is 0 Å². The van der Waals surface area contributed by atoms with Gasteiger partial charge in [0.1, 0.15) is 0 Å². The fourth-order valence-corrected chi connectivity index (χ4v) is 10.9. The lowest BCUT2D eigenvalue weighted by atomic mass is 9.80. The maximum atomic E-state index is 2.63. The van der Waals surface area contributed by atoms with Gasteiger partial charge in [-0.1, -0.05) is 51.8 Å². The zero-order valence-electron chi connectivity index (χ0n) is 20.4. The monoisotopic (exact) mass is 900 g/mol. The molecular weight excluding hydrogens is 868 g/mol. The molecule has 3 aromatic rings. The van der Waals surface area contributed by atoms with Gasteiger partial charge in [-0.25, -0.2) is 0 Å². The van der Waals surface area contributed by atoms with Gasteiger partial charge in [-0.3, -0.25) is 0 Å². The van der Waals surface area contributed by atoms with Crippen molar-refractivity contribution in [2.24, 2.45) is 5.92 Å². The first-order valence-electron chi connectivity index (χ1n) is 12.3. The summed E-state index contributed by atoms with van der Waals surface area (Å²) in [4.78, 5) is 0. The SMILES string of the molecule is CCCC1CCc2c(cc(I)c(-c3ccc(-c4cc(I)c(C(C)CC)c(I)c4)c(C)c3)c2I)C1. The highest BCUT2D eigenvalue weighted by atomic mass is 127. The molecule has 0 aromatic heterocycles. The van der Waals surface area contributed by atoms with Gasteiger partial charge < -0.3 is 0 Å². The highest BCUT2D eigenvalue weighted by molar-refractivity contribution is 14.1. The smallest absolute Gasteiger partial charge is 0.0254 e. The lowest BCUT2D eigenvalue weighted by molar-refractivity contribution is 0.422. The van der Waals surface area contributed by atoms with Gasteiger partial charge in [0.2, 0.25) is 0 Å². The Bertz CT molecular complexity index is 1190. The molecule has 4 rings (SSSR count). The first-order valence-corrected chi connectivity index (χ1v) is 16.7. The van der Waals surface area contributed by atoms with Gasteiger partial charge in [0.15, 0.2) is 0 Å². The number of benzene rings is 3. The molecule has 0 saturated heterocycles. The summed E-state index contributed by atoms with van der Waals surface area (Å²) in [5.41, 5.74) is 11.5. The van der Waals surface area contributed by atoms with E-state index in [1.165, 1.54) is 86.2 Å². The topological polar surface area (TPSA) is 0 Å². The Morgan fingerprint density at radius 3 is 2.24 bits per heavy atom. The molecule has 0 bridgehead atoms. The molecule has 0 radical (unpaired) electrons. The minimum absolute atomic E-state index is 0.599. The summed E-state index contributed by atoms with van der Waals surface area (Å²) >= 11 is 10.3. The maximum Gasteiger partial charge on any atom is 0.0254 e. The second kappa shape index (κ2) is 12.0. The molecule has 0 heterocycles. The van der Waals surface area contributed by atoms with Crippen molar-refractivity contribution in [3.63, 3.8) is 0 Å². The van der Waals surface area contributed by atoms with Crippen LogP contribution < -0.4 is 0 Å². The van der Waals surface area contributed by atoms with Crippen LogP contribution in [0.4, 0.5) is 0 Å². The van der Waals surface area contributed by atoms with Crippen LogP contribution in [0, 0.1) is 27.1 Å². The zero-order valence-corrected chi connectivity index (χ0v) is 29.0. The Hall–Kier alpha value is 0.580. The van der Waals surface area contributed by atoms with E-state index in [-0.39, 0.29) is 0 Å². The fraction of sp³-hybridized carbons (Fsp3) is 0.400. The molecule has 34 heavy (non-hydrogen) atoms. The van der Waals surface area contributed by atoms with Crippen LogP contribution in [0.15, 0.2) is 36.4 Å². The van der Waals surface area contributed by atoms with Crippen LogP contribution in [0.25, 0.3) is 22.3 Å². The Labute approximate surface area is 260 Å². The molecule has 1 aliphatic carbocycles. The number of fused-ring (bicyclic) bond motifs is 1. The van der Waals surface area contributed by atoms with E-state index in [0.717, 1.165) is 5.92 Å². The fourth-order valence-electron chi connectivity index (χ4n) is 5.40. The number of hydrogen-bond acceptors (Lipinski definition) is 0.